The van der Waals surface area contributed by atoms with Crippen molar-refractivity contribution in [3.63, 3.8) is 0 Å². The molecule has 4 heteroatoms. The van der Waals surface area contributed by atoms with Gasteiger partial charge in [-0.3, -0.25) is 0 Å². The van der Waals surface area contributed by atoms with Crippen molar-refractivity contribution in [1.29, 1.82) is 0 Å². The molecule has 1 aromatic rings. The standard InChI is InChI=1S/C10H15ClN2S/c1-13-6-2-5-12-8(7-13)9-3-4-10(11)14-9/h3-4,8,12H,2,5-7H2,1H3. The highest BCUT2D eigenvalue weighted by atomic mass is 35.5. The zero-order valence-corrected chi connectivity index (χ0v) is 9.87. The normalized spacial score (nSPS) is 24.9. The fraction of sp³-hybridized carbons (Fsp3) is 0.600. The highest BCUT2D eigenvalue weighted by Crippen LogP contribution is 2.27. The Hall–Kier alpha value is -0.0900. The summed E-state index contributed by atoms with van der Waals surface area (Å²) in [6, 6.07) is 4.57. The molecular formula is C10H15ClN2S. The second-order valence-electron chi connectivity index (χ2n) is 3.76. The van der Waals surface area contributed by atoms with Crippen LogP contribution in [0.15, 0.2) is 12.1 Å². The molecule has 1 saturated heterocycles. The summed E-state index contributed by atoms with van der Waals surface area (Å²) in [4.78, 5) is 3.72. The van der Waals surface area contributed by atoms with Gasteiger partial charge in [0.1, 0.15) is 0 Å². The van der Waals surface area contributed by atoms with E-state index in [2.05, 4.69) is 23.3 Å². The Morgan fingerprint density at radius 2 is 2.43 bits per heavy atom. The van der Waals surface area contributed by atoms with E-state index in [4.69, 9.17) is 11.6 Å². The Morgan fingerprint density at radius 3 is 3.14 bits per heavy atom. The number of rotatable bonds is 1. The molecule has 1 aliphatic heterocycles. The monoisotopic (exact) mass is 230 g/mol. The van der Waals surface area contributed by atoms with Crippen LogP contribution in [0.1, 0.15) is 17.3 Å². The lowest BCUT2D eigenvalue weighted by atomic mass is 10.2. The van der Waals surface area contributed by atoms with Crippen molar-refractivity contribution >= 4 is 22.9 Å². The molecule has 0 saturated carbocycles. The van der Waals surface area contributed by atoms with Gasteiger partial charge in [0.15, 0.2) is 0 Å². The van der Waals surface area contributed by atoms with Crippen molar-refractivity contribution < 1.29 is 0 Å². The predicted octanol–water partition coefficient (Wildman–Crippen LogP) is 2.37. The lowest BCUT2D eigenvalue weighted by molar-refractivity contribution is 0.328. The maximum absolute atomic E-state index is 5.93. The first-order valence-electron chi connectivity index (χ1n) is 4.93. The Bertz CT molecular complexity index is 300. The molecule has 0 aliphatic carbocycles. The molecule has 2 nitrogen and oxygen atoms in total. The van der Waals surface area contributed by atoms with Crippen molar-refractivity contribution in [3.8, 4) is 0 Å². The summed E-state index contributed by atoms with van der Waals surface area (Å²) < 4.78 is 0.883. The van der Waals surface area contributed by atoms with Gasteiger partial charge in [-0.25, -0.2) is 0 Å². The fourth-order valence-electron chi connectivity index (χ4n) is 1.80. The maximum Gasteiger partial charge on any atom is 0.0931 e. The van der Waals surface area contributed by atoms with Crippen molar-refractivity contribution in [3.05, 3.63) is 21.3 Å². The summed E-state index contributed by atoms with van der Waals surface area (Å²) in [7, 11) is 2.18. The van der Waals surface area contributed by atoms with Gasteiger partial charge in [0, 0.05) is 11.4 Å². The van der Waals surface area contributed by atoms with Crippen molar-refractivity contribution in [2.24, 2.45) is 0 Å². The second-order valence-corrected chi connectivity index (χ2v) is 5.51. The van der Waals surface area contributed by atoms with Crippen LogP contribution in [-0.4, -0.2) is 31.6 Å². The minimum Gasteiger partial charge on any atom is -0.308 e. The van der Waals surface area contributed by atoms with Gasteiger partial charge in [-0.15, -0.1) is 11.3 Å². The Balaban J connectivity index is 2.08. The molecule has 0 amide bonds. The third-order valence-electron chi connectivity index (χ3n) is 2.54. The SMILES string of the molecule is CN1CCCNC(c2ccc(Cl)s2)C1. The van der Waals surface area contributed by atoms with E-state index in [1.54, 1.807) is 11.3 Å². The zero-order valence-electron chi connectivity index (χ0n) is 8.29. The minimum absolute atomic E-state index is 0.458. The van der Waals surface area contributed by atoms with Crippen LogP contribution in [0.2, 0.25) is 4.34 Å². The molecule has 0 aromatic carbocycles. The number of nitrogens with one attached hydrogen (secondary N) is 1. The quantitative estimate of drug-likeness (QED) is 0.797. The van der Waals surface area contributed by atoms with E-state index in [-0.39, 0.29) is 0 Å². The Kier molecular flexibility index (Phi) is 3.44. The first-order chi connectivity index (χ1) is 6.75. The minimum atomic E-state index is 0.458. The van der Waals surface area contributed by atoms with Gasteiger partial charge in [0.05, 0.1) is 10.4 Å². The third-order valence-corrected chi connectivity index (χ3v) is 3.88. The van der Waals surface area contributed by atoms with E-state index in [9.17, 15) is 0 Å². The van der Waals surface area contributed by atoms with Gasteiger partial charge in [-0.2, -0.15) is 0 Å². The molecule has 1 unspecified atom stereocenters. The van der Waals surface area contributed by atoms with Gasteiger partial charge in [-0.1, -0.05) is 11.6 Å². The topological polar surface area (TPSA) is 15.3 Å². The van der Waals surface area contributed by atoms with Crippen LogP contribution in [0.5, 0.6) is 0 Å². The molecule has 1 atom stereocenters. The number of nitrogens with zero attached hydrogens (tertiary/aromatic N) is 1. The highest BCUT2D eigenvalue weighted by molar-refractivity contribution is 7.16. The summed E-state index contributed by atoms with van der Waals surface area (Å²) in [5, 5.41) is 3.55. The molecule has 2 rings (SSSR count). The largest absolute Gasteiger partial charge is 0.308 e. The lowest BCUT2D eigenvalue weighted by Crippen LogP contribution is -2.28. The van der Waals surface area contributed by atoms with Crippen LogP contribution in [-0.2, 0) is 0 Å². The van der Waals surface area contributed by atoms with E-state index >= 15 is 0 Å². The number of hydrogen-bond donors (Lipinski definition) is 1. The molecular weight excluding hydrogens is 216 g/mol. The van der Waals surface area contributed by atoms with Crippen LogP contribution in [0.3, 0.4) is 0 Å². The predicted molar refractivity (Wildman–Crippen MR) is 62.2 cm³/mol. The highest BCUT2D eigenvalue weighted by Gasteiger charge is 2.17. The van der Waals surface area contributed by atoms with E-state index in [0.717, 1.165) is 17.4 Å². The van der Waals surface area contributed by atoms with Gasteiger partial charge < -0.3 is 10.2 Å². The van der Waals surface area contributed by atoms with Crippen LogP contribution >= 0.6 is 22.9 Å². The smallest absolute Gasteiger partial charge is 0.0931 e. The summed E-state index contributed by atoms with van der Waals surface area (Å²) >= 11 is 7.62. The molecule has 78 valence electrons. The fourth-order valence-corrected chi connectivity index (χ4v) is 2.93. The maximum atomic E-state index is 5.93. The lowest BCUT2D eigenvalue weighted by Gasteiger charge is -2.19. The molecule has 0 bridgehead atoms. The molecule has 1 N–H and O–H groups in total. The molecule has 14 heavy (non-hydrogen) atoms. The summed E-state index contributed by atoms with van der Waals surface area (Å²) in [6.45, 7) is 3.37. The average molecular weight is 231 g/mol. The summed E-state index contributed by atoms with van der Waals surface area (Å²) in [6.07, 6.45) is 1.23. The second kappa shape index (κ2) is 4.62. The van der Waals surface area contributed by atoms with Crippen molar-refractivity contribution in [1.82, 2.24) is 10.2 Å². The zero-order chi connectivity index (χ0) is 9.97. The number of likely N-dealkylation sites (N-methyl/N-ethyl adjacent to an activating group) is 1. The number of thiophene rings is 1. The Morgan fingerprint density at radius 1 is 1.57 bits per heavy atom. The first-order valence-corrected chi connectivity index (χ1v) is 6.12. The van der Waals surface area contributed by atoms with E-state index in [0.29, 0.717) is 6.04 Å². The average Bonchev–Trinajstić information content (AvgIpc) is 2.45. The van der Waals surface area contributed by atoms with Crippen LogP contribution in [0.4, 0.5) is 0 Å². The van der Waals surface area contributed by atoms with Gasteiger partial charge in [0.2, 0.25) is 0 Å². The van der Waals surface area contributed by atoms with E-state index < -0.39 is 0 Å². The van der Waals surface area contributed by atoms with Crippen LogP contribution < -0.4 is 5.32 Å². The first kappa shape index (κ1) is 10.4. The molecule has 1 fully saturated rings. The molecule has 1 aliphatic rings. The van der Waals surface area contributed by atoms with Gasteiger partial charge in [-0.05, 0) is 38.7 Å². The summed E-state index contributed by atoms with van der Waals surface area (Å²) in [5.41, 5.74) is 0. The Labute approximate surface area is 93.9 Å². The van der Waals surface area contributed by atoms with Crippen LogP contribution in [0.25, 0.3) is 0 Å². The molecule has 0 spiro atoms. The van der Waals surface area contributed by atoms with Crippen LogP contribution in [0, 0.1) is 0 Å². The molecule has 2 heterocycles. The van der Waals surface area contributed by atoms with Gasteiger partial charge in [0.25, 0.3) is 0 Å². The van der Waals surface area contributed by atoms with Gasteiger partial charge >= 0.3 is 0 Å². The van der Waals surface area contributed by atoms with Crippen molar-refractivity contribution in [2.45, 2.75) is 12.5 Å². The molecule has 0 radical (unpaired) electrons. The van der Waals surface area contributed by atoms with E-state index in [1.165, 1.54) is 17.8 Å². The number of hydrogen-bond acceptors (Lipinski definition) is 3. The summed E-state index contributed by atoms with van der Waals surface area (Å²) in [5.74, 6) is 0. The van der Waals surface area contributed by atoms with Crippen molar-refractivity contribution in [2.75, 3.05) is 26.7 Å². The third kappa shape index (κ3) is 2.48. The van der Waals surface area contributed by atoms with E-state index in [1.807, 2.05) is 6.07 Å². The number of halogens is 1. The molecule has 1 aromatic heterocycles.